The second-order valence-corrected chi connectivity index (χ2v) is 9.85. The quantitative estimate of drug-likeness (QED) is 0.459. The van der Waals surface area contributed by atoms with Crippen LogP contribution in [0.1, 0.15) is 30.0 Å². The van der Waals surface area contributed by atoms with E-state index in [1.807, 2.05) is 48.5 Å². The van der Waals surface area contributed by atoms with Gasteiger partial charge in [0.15, 0.2) is 5.17 Å². The number of carbonyl (C=O) groups excluding carboxylic acids is 2. The van der Waals surface area contributed by atoms with Crippen LogP contribution < -0.4 is 14.8 Å². The monoisotopic (exact) mass is 532 g/mol. The molecule has 2 heterocycles. The van der Waals surface area contributed by atoms with Gasteiger partial charge in [0.1, 0.15) is 22.6 Å². The largest absolute Gasteiger partial charge is 0.497 e. The lowest BCUT2D eigenvalue weighted by Crippen LogP contribution is -2.25. The smallest absolute Gasteiger partial charge is 0.262 e. The Morgan fingerprint density at radius 3 is 2.34 bits per heavy atom. The average molecular weight is 533 g/mol. The van der Waals surface area contributed by atoms with E-state index < -0.39 is 22.9 Å². The summed E-state index contributed by atoms with van der Waals surface area (Å²) in [7, 11) is 3.22. The number of hydrazone groups is 1. The van der Waals surface area contributed by atoms with Crippen LogP contribution >= 0.6 is 11.8 Å². The summed E-state index contributed by atoms with van der Waals surface area (Å²) >= 11 is 1.19. The number of hydrogen-bond donors (Lipinski definition) is 1. The van der Waals surface area contributed by atoms with Crippen LogP contribution in [-0.2, 0) is 9.59 Å². The highest BCUT2D eigenvalue weighted by atomic mass is 32.2. The number of anilines is 1. The average Bonchev–Trinajstić information content (AvgIpc) is 3.54. The second-order valence-electron chi connectivity index (χ2n) is 8.68. The molecule has 3 aromatic carbocycles. The van der Waals surface area contributed by atoms with Crippen molar-refractivity contribution in [2.24, 2.45) is 10.1 Å². The SMILES string of the molecule is COc1ccc(C2=NN(C3=NC(=O)[C@H](CC(=O)Nc4ccccc4F)S3)[C@@H](c3ccc(OC)cc3)C2)cc1. The molecule has 5 rings (SSSR count). The van der Waals surface area contributed by atoms with Crippen molar-refractivity contribution in [2.75, 3.05) is 19.5 Å². The highest BCUT2D eigenvalue weighted by Crippen LogP contribution is 2.39. The molecule has 3 aromatic rings. The fourth-order valence-corrected chi connectivity index (χ4v) is 5.33. The van der Waals surface area contributed by atoms with Crippen molar-refractivity contribution in [1.82, 2.24) is 5.01 Å². The predicted octanol–water partition coefficient (Wildman–Crippen LogP) is 5.02. The second kappa shape index (κ2) is 11.1. The zero-order valence-electron chi connectivity index (χ0n) is 20.8. The fourth-order valence-electron chi connectivity index (χ4n) is 4.27. The Morgan fingerprint density at radius 2 is 1.68 bits per heavy atom. The van der Waals surface area contributed by atoms with Crippen LogP contribution in [0.4, 0.5) is 10.1 Å². The predicted molar refractivity (Wildman–Crippen MR) is 145 cm³/mol. The van der Waals surface area contributed by atoms with Gasteiger partial charge >= 0.3 is 0 Å². The summed E-state index contributed by atoms with van der Waals surface area (Å²) in [6.45, 7) is 0. The van der Waals surface area contributed by atoms with Gasteiger partial charge in [0.2, 0.25) is 5.91 Å². The maximum absolute atomic E-state index is 13.9. The highest BCUT2D eigenvalue weighted by Gasteiger charge is 2.39. The summed E-state index contributed by atoms with van der Waals surface area (Å²) in [4.78, 5) is 29.6. The molecule has 0 unspecified atom stereocenters. The van der Waals surface area contributed by atoms with E-state index in [-0.39, 0.29) is 18.2 Å². The normalized spacial score (nSPS) is 18.7. The number of benzene rings is 3. The standard InChI is InChI=1S/C28H25FN4O4S/c1-36-19-11-7-17(8-12-19)23-15-24(18-9-13-20(37-2)14-10-18)33(32-23)28-31-27(35)25(38-28)16-26(34)30-22-6-4-3-5-21(22)29/h3-14,24-25H,15-16H2,1-2H3,(H,30,34)/t24-,25+/m1/s1. The molecular weight excluding hydrogens is 507 g/mol. The summed E-state index contributed by atoms with van der Waals surface area (Å²) < 4.78 is 24.5. The lowest BCUT2D eigenvalue weighted by atomic mass is 9.98. The van der Waals surface area contributed by atoms with Gasteiger partial charge in [-0.25, -0.2) is 9.40 Å². The van der Waals surface area contributed by atoms with Crippen molar-refractivity contribution in [1.29, 1.82) is 0 Å². The van der Waals surface area contributed by atoms with E-state index in [0.29, 0.717) is 11.6 Å². The van der Waals surface area contributed by atoms with Gasteiger partial charge in [-0.3, -0.25) is 9.59 Å². The van der Waals surface area contributed by atoms with Crippen molar-refractivity contribution < 1.29 is 23.5 Å². The van der Waals surface area contributed by atoms with Gasteiger partial charge in [-0.2, -0.15) is 10.1 Å². The number of thioether (sulfide) groups is 1. The first-order chi connectivity index (χ1) is 18.4. The summed E-state index contributed by atoms with van der Waals surface area (Å²) in [5, 5.41) is 8.82. The Balaban J connectivity index is 1.36. The van der Waals surface area contributed by atoms with E-state index in [1.165, 1.54) is 30.0 Å². The number of aliphatic imine (C=N–C) groups is 1. The topological polar surface area (TPSA) is 92.6 Å². The number of methoxy groups -OCH3 is 2. The van der Waals surface area contributed by atoms with E-state index in [4.69, 9.17) is 14.6 Å². The molecule has 0 saturated carbocycles. The van der Waals surface area contributed by atoms with Crippen molar-refractivity contribution in [3.8, 4) is 11.5 Å². The van der Waals surface area contributed by atoms with E-state index in [0.717, 1.165) is 28.3 Å². The summed E-state index contributed by atoms with van der Waals surface area (Å²) in [6.07, 6.45) is 0.450. The minimum Gasteiger partial charge on any atom is -0.497 e. The lowest BCUT2D eigenvalue weighted by Gasteiger charge is -2.23. The van der Waals surface area contributed by atoms with Crippen LogP contribution in [0.25, 0.3) is 0 Å². The van der Waals surface area contributed by atoms with E-state index in [2.05, 4.69) is 10.3 Å². The summed E-state index contributed by atoms with van der Waals surface area (Å²) in [5.74, 6) is 0.0539. The van der Waals surface area contributed by atoms with Gasteiger partial charge in [-0.1, -0.05) is 36.0 Å². The molecule has 0 aromatic heterocycles. The Bertz CT molecular complexity index is 1410. The van der Waals surface area contributed by atoms with Crippen molar-refractivity contribution in [3.05, 3.63) is 89.7 Å². The molecule has 10 heteroatoms. The number of amidine groups is 1. The minimum atomic E-state index is -0.728. The van der Waals surface area contributed by atoms with E-state index in [1.54, 1.807) is 25.3 Å². The molecule has 2 atom stereocenters. The third-order valence-electron chi connectivity index (χ3n) is 6.28. The molecular formula is C28H25FN4O4S. The third-order valence-corrected chi connectivity index (χ3v) is 7.42. The van der Waals surface area contributed by atoms with Crippen LogP contribution in [0.3, 0.4) is 0 Å². The van der Waals surface area contributed by atoms with Gasteiger partial charge in [0, 0.05) is 12.8 Å². The molecule has 2 amide bonds. The van der Waals surface area contributed by atoms with Gasteiger partial charge in [0.25, 0.3) is 5.91 Å². The maximum Gasteiger partial charge on any atom is 0.262 e. The molecule has 0 fully saturated rings. The molecule has 0 bridgehead atoms. The van der Waals surface area contributed by atoms with Crippen LogP contribution in [0, 0.1) is 5.82 Å². The summed E-state index contributed by atoms with van der Waals surface area (Å²) in [5.41, 5.74) is 2.82. The summed E-state index contributed by atoms with van der Waals surface area (Å²) in [6, 6.07) is 21.0. The first-order valence-corrected chi connectivity index (χ1v) is 12.8. The zero-order valence-corrected chi connectivity index (χ0v) is 21.6. The number of carbonyl (C=O) groups is 2. The number of ether oxygens (including phenoxy) is 2. The molecule has 2 aliphatic heterocycles. The number of hydrogen-bond acceptors (Lipinski definition) is 7. The van der Waals surface area contributed by atoms with E-state index in [9.17, 15) is 14.0 Å². The van der Waals surface area contributed by atoms with Gasteiger partial charge < -0.3 is 14.8 Å². The zero-order chi connectivity index (χ0) is 26.6. The fraction of sp³-hybridized carbons (Fsp3) is 0.214. The molecule has 2 aliphatic rings. The molecule has 38 heavy (non-hydrogen) atoms. The Hall–Kier alpha value is -4.18. The lowest BCUT2D eigenvalue weighted by molar-refractivity contribution is -0.121. The van der Waals surface area contributed by atoms with Gasteiger partial charge in [0.05, 0.1) is 31.7 Å². The van der Waals surface area contributed by atoms with Gasteiger partial charge in [-0.05, 0) is 59.7 Å². The Kier molecular flexibility index (Phi) is 7.41. The number of rotatable bonds is 7. The molecule has 194 valence electrons. The first kappa shape index (κ1) is 25.5. The van der Waals surface area contributed by atoms with Crippen LogP contribution in [-0.4, -0.2) is 47.2 Å². The van der Waals surface area contributed by atoms with E-state index >= 15 is 0 Å². The number of para-hydroxylation sites is 1. The van der Waals surface area contributed by atoms with Crippen LogP contribution in [0.2, 0.25) is 0 Å². The van der Waals surface area contributed by atoms with Crippen LogP contribution in [0.15, 0.2) is 82.9 Å². The molecule has 0 saturated heterocycles. The Labute approximate surface area is 223 Å². The van der Waals surface area contributed by atoms with Crippen LogP contribution in [0.5, 0.6) is 11.5 Å². The van der Waals surface area contributed by atoms with Crippen molar-refractivity contribution in [2.45, 2.75) is 24.1 Å². The number of amides is 2. The Morgan fingerprint density at radius 1 is 1.03 bits per heavy atom. The maximum atomic E-state index is 13.9. The number of nitrogens with zero attached hydrogens (tertiary/aromatic N) is 3. The molecule has 0 spiro atoms. The first-order valence-electron chi connectivity index (χ1n) is 11.9. The number of nitrogens with one attached hydrogen (secondary N) is 1. The minimum absolute atomic E-state index is 0.0712. The number of halogens is 1. The highest BCUT2D eigenvalue weighted by molar-refractivity contribution is 8.15. The molecule has 8 nitrogen and oxygen atoms in total. The molecule has 0 radical (unpaired) electrons. The molecule has 0 aliphatic carbocycles. The molecule has 1 N–H and O–H groups in total. The third kappa shape index (κ3) is 5.40. The van der Waals surface area contributed by atoms with Gasteiger partial charge in [-0.15, -0.1) is 0 Å². The van der Waals surface area contributed by atoms with Crippen molar-refractivity contribution >= 4 is 40.1 Å². The van der Waals surface area contributed by atoms with Crippen molar-refractivity contribution in [3.63, 3.8) is 0 Å².